The maximum absolute atomic E-state index is 12.1. The highest BCUT2D eigenvalue weighted by Crippen LogP contribution is 2.35. The standard InChI is InChI=1S/C23H24N6O2/c1-14-4-2-5-17-20(27-31-21(14)17)15-10-12-28(13-11-15)19-7-3-6-18-24-23(26-29(18)19)25-22(30)16-8-9-16/h2-7,15-16H,8-13H2,1H3,(H,25,26,30). The van der Waals surface area contributed by atoms with E-state index in [-0.39, 0.29) is 11.8 Å². The molecule has 1 aliphatic carbocycles. The van der Waals surface area contributed by atoms with Crippen molar-refractivity contribution in [2.75, 3.05) is 23.3 Å². The smallest absolute Gasteiger partial charge is 0.249 e. The molecule has 1 aromatic carbocycles. The van der Waals surface area contributed by atoms with E-state index in [4.69, 9.17) is 4.52 Å². The molecule has 1 aliphatic heterocycles. The van der Waals surface area contributed by atoms with E-state index in [0.717, 1.165) is 72.5 Å². The van der Waals surface area contributed by atoms with Crippen LogP contribution >= 0.6 is 0 Å². The summed E-state index contributed by atoms with van der Waals surface area (Å²) in [6.07, 6.45) is 3.90. The van der Waals surface area contributed by atoms with Crippen LogP contribution in [0.1, 0.15) is 42.9 Å². The van der Waals surface area contributed by atoms with Crippen molar-refractivity contribution >= 4 is 34.3 Å². The number of anilines is 2. The Balaban J connectivity index is 1.22. The zero-order valence-corrected chi connectivity index (χ0v) is 17.4. The van der Waals surface area contributed by atoms with Gasteiger partial charge in [0.1, 0.15) is 5.82 Å². The number of amides is 1. The van der Waals surface area contributed by atoms with Crippen LogP contribution in [0.15, 0.2) is 40.9 Å². The van der Waals surface area contributed by atoms with Gasteiger partial charge in [-0.05, 0) is 56.4 Å². The van der Waals surface area contributed by atoms with Crippen LogP contribution < -0.4 is 10.2 Å². The molecule has 0 radical (unpaired) electrons. The highest BCUT2D eigenvalue weighted by Gasteiger charge is 2.31. The molecule has 6 rings (SSSR count). The Morgan fingerprint density at radius 3 is 2.71 bits per heavy atom. The highest BCUT2D eigenvalue weighted by atomic mass is 16.5. The number of nitrogens with zero attached hydrogens (tertiary/aromatic N) is 5. The third-order valence-electron chi connectivity index (χ3n) is 6.45. The molecule has 158 valence electrons. The minimum atomic E-state index is 0.0216. The Hall–Kier alpha value is -3.42. The van der Waals surface area contributed by atoms with Gasteiger partial charge in [-0.1, -0.05) is 23.4 Å². The second-order valence-corrected chi connectivity index (χ2v) is 8.63. The molecule has 8 heteroatoms. The van der Waals surface area contributed by atoms with Crippen molar-refractivity contribution < 1.29 is 9.32 Å². The van der Waals surface area contributed by atoms with Gasteiger partial charge in [0.25, 0.3) is 0 Å². The van der Waals surface area contributed by atoms with Crippen LogP contribution in [0.5, 0.6) is 0 Å². The van der Waals surface area contributed by atoms with Crippen molar-refractivity contribution in [3.05, 3.63) is 47.7 Å². The largest absolute Gasteiger partial charge is 0.356 e. The molecular formula is C23H24N6O2. The maximum atomic E-state index is 12.1. The van der Waals surface area contributed by atoms with Crippen LogP contribution in [-0.2, 0) is 4.79 Å². The first-order valence-electron chi connectivity index (χ1n) is 10.9. The SMILES string of the molecule is Cc1cccc2c(C3CCN(c4cccc5nc(NC(=O)C6CC6)nn45)CC3)noc12. The van der Waals surface area contributed by atoms with Gasteiger partial charge in [-0.2, -0.15) is 9.50 Å². The summed E-state index contributed by atoms with van der Waals surface area (Å²) in [6.45, 7) is 3.85. The van der Waals surface area contributed by atoms with Crippen LogP contribution in [0.2, 0.25) is 0 Å². The lowest BCUT2D eigenvalue weighted by Gasteiger charge is -2.32. The average Bonchev–Trinajstić information content (AvgIpc) is 3.42. The number of hydrogen-bond acceptors (Lipinski definition) is 6. The minimum Gasteiger partial charge on any atom is -0.356 e. The lowest BCUT2D eigenvalue weighted by atomic mass is 9.91. The minimum absolute atomic E-state index is 0.0216. The van der Waals surface area contributed by atoms with Crippen molar-refractivity contribution in [3.8, 4) is 0 Å². The lowest BCUT2D eigenvalue weighted by molar-refractivity contribution is -0.117. The summed E-state index contributed by atoms with van der Waals surface area (Å²) in [7, 11) is 0. The van der Waals surface area contributed by atoms with Gasteiger partial charge < -0.3 is 9.42 Å². The summed E-state index contributed by atoms with van der Waals surface area (Å²) in [4.78, 5) is 18.9. The fourth-order valence-electron chi connectivity index (χ4n) is 4.54. The predicted molar refractivity (Wildman–Crippen MR) is 117 cm³/mol. The Morgan fingerprint density at radius 2 is 1.90 bits per heavy atom. The number of rotatable bonds is 4. The molecule has 1 N–H and O–H groups in total. The number of hydrogen-bond donors (Lipinski definition) is 1. The van der Waals surface area contributed by atoms with Crippen LogP contribution in [-0.4, -0.2) is 38.8 Å². The zero-order valence-electron chi connectivity index (χ0n) is 17.4. The Morgan fingerprint density at radius 1 is 1.10 bits per heavy atom. The zero-order chi connectivity index (χ0) is 20.9. The van der Waals surface area contributed by atoms with Crippen molar-refractivity contribution in [2.45, 2.75) is 38.5 Å². The van der Waals surface area contributed by atoms with Gasteiger partial charge >= 0.3 is 0 Å². The number of pyridine rings is 1. The molecule has 4 heterocycles. The van der Waals surface area contributed by atoms with E-state index in [1.807, 2.05) is 16.6 Å². The number of piperidine rings is 1. The van der Waals surface area contributed by atoms with Gasteiger partial charge in [-0.3, -0.25) is 10.1 Å². The number of benzene rings is 1. The number of aryl methyl sites for hydroxylation is 1. The second kappa shape index (κ2) is 7.08. The summed E-state index contributed by atoms with van der Waals surface area (Å²) in [5, 5.41) is 13.0. The summed E-state index contributed by atoms with van der Waals surface area (Å²) >= 11 is 0. The molecule has 1 amide bonds. The van der Waals surface area contributed by atoms with Crippen molar-refractivity contribution in [3.63, 3.8) is 0 Å². The van der Waals surface area contributed by atoms with Gasteiger partial charge in [-0.25, -0.2) is 0 Å². The van der Waals surface area contributed by atoms with Crippen LogP contribution in [0.25, 0.3) is 16.6 Å². The number of carbonyl (C=O) groups is 1. The molecule has 2 fully saturated rings. The first-order chi connectivity index (χ1) is 15.2. The third kappa shape index (κ3) is 3.22. The first-order valence-corrected chi connectivity index (χ1v) is 10.9. The van der Waals surface area contributed by atoms with Crippen molar-refractivity contribution in [1.29, 1.82) is 0 Å². The molecule has 4 aromatic rings. The Labute approximate surface area is 179 Å². The van der Waals surface area contributed by atoms with Gasteiger partial charge in [0, 0.05) is 30.3 Å². The van der Waals surface area contributed by atoms with Gasteiger partial charge in [0.05, 0.1) is 5.69 Å². The molecule has 0 spiro atoms. The highest BCUT2D eigenvalue weighted by molar-refractivity contribution is 5.92. The summed E-state index contributed by atoms with van der Waals surface area (Å²) in [5.41, 5.74) is 3.83. The number of para-hydroxylation sites is 1. The van der Waals surface area contributed by atoms with Gasteiger partial charge in [0.15, 0.2) is 11.2 Å². The van der Waals surface area contributed by atoms with E-state index >= 15 is 0 Å². The summed E-state index contributed by atoms with van der Waals surface area (Å²) < 4.78 is 7.47. The molecule has 3 aromatic heterocycles. The average molecular weight is 416 g/mol. The molecular weight excluding hydrogens is 392 g/mol. The molecule has 0 bridgehead atoms. The van der Waals surface area contributed by atoms with Crippen molar-refractivity contribution in [1.82, 2.24) is 19.8 Å². The number of aromatic nitrogens is 4. The number of nitrogens with one attached hydrogen (secondary N) is 1. The van der Waals surface area contributed by atoms with E-state index in [1.54, 1.807) is 0 Å². The van der Waals surface area contributed by atoms with E-state index in [2.05, 4.69) is 56.6 Å². The monoisotopic (exact) mass is 416 g/mol. The van der Waals surface area contributed by atoms with Gasteiger partial charge in [0.2, 0.25) is 11.9 Å². The van der Waals surface area contributed by atoms with Crippen LogP contribution in [0.3, 0.4) is 0 Å². The molecule has 2 aliphatic rings. The maximum Gasteiger partial charge on any atom is 0.249 e. The molecule has 0 atom stereocenters. The predicted octanol–water partition coefficient (Wildman–Crippen LogP) is 3.91. The lowest BCUT2D eigenvalue weighted by Crippen LogP contribution is -2.34. The molecule has 1 saturated carbocycles. The Bertz CT molecular complexity index is 1280. The fourth-order valence-corrected chi connectivity index (χ4v) is 4.54. The fraction of sp³-hybridized carbons (Fsp3) is 0.391. The topological polar surface area (TPSA) is 88.6 Å². The summed E-state index contributed by atoms with van der Waals surface area (Å²) in [5.74, 6) is 1.90. The van der Waals surface area contributed by atoms with E-state index in [9.17, 15) is 4.79 Å². The molecule has 0 unspecified atom stereocenters. The first kappa shape index (κ1) is 18.4. The molecule has 1 saturated heterocycles. The Kier molecular flexibility index (Phi) is 4.19. The number of fused-ring (bicyclic) bond motifs is 2. The second-order valence-electron chi connectivity index (χ2n) is 8.63. The van der Waals surface area contributed by atoms with E-state index in [0.29, 0.717) is 11.9 Å². The quantitative estimate of drug-likeness (QED) is 0.543. The molecule has 31 heavy (non-hydrogen) atoms. The van der Waals surface area contributed by atoms with Gasteiger partial charge in [-0.15, -0.1) is 5.10 Å². The van der Waals surface area contributed by atoms with E-state index in [1.165, 1.54) is 0 Å². The molecule has 8 nitrogen and oxygen atoms in total. The van der Waals surface area contributed by atoms with Crippen molar-refractivity contribution in [2.24, 2.45) is 5.92 Å². The van der Waals surface area contributed by atoms with E-state index < -0.39 is 0 Å². The summed E-state index contributed by atoms with van der Waals surface area (Å²) in [6, 6.07) is 12.2. The normalized spacial score (nSPS) is 17.5. The number of carbonyl (C=O) groups excluding carboxylic acids is 1. The van der Waals surface area contributed by atoms with Crippen LogP contribution in [0.4, 0.5) is 11.8 Å². The van der Waals surface area contributed by atoms with Crippen LogP contribution in [0, 0.1) is 12.8 Å². The third-order valence-corrected chi connectivity index (χ3v) is 6.45.